The molecule has 0 N–H and O–H groups in total. The second kappa shape index (κ2) is 7.55. The topological polar surface area (TPSA) is 52.6 Å². The average Bonchev–Trinajstić information content (AvgIpc) is 3.13. The zero-order valence-corrected chi connectivity index (χ0v) is 16.1. The predicted molar refractivity (Wildman–Crippen MR) is 108 cm³/mol. The highest BCUT2D eigenvalue weighted by molar-refractivity contribution is 5.95. The van der Waals surface area contributed by atoms with Crippen LogP contribution in [0.15, 0.2) is 36.5 Å². The monoisotopic (exact) mass is 365 g/mol. The first-order valence-corrected chi connectivity index (χ1v) is 9.75. The summed E-state index contributed by atoms with van der Waals surface area (Å²) in [4.78, 5) is 28.1. The van der Waals surface area contributed by atoms with Gasteiger partial charge in [0.2, 0.25) is 11.9 Å². The summed E-state index contributed by atoms with van der Waals surface area (Å²) in [5.41, 5.74) is 2.40. The van der Waals surface area contributed by atoms with E-state index in [-0.39, 0.29) is 5.91 Å². The molecule has 2 aromatic rings. The van der Waals surface area contributed by atoms with E-state index < -0.39 is 0 Å². The van der Waals surface area contributed by atoms with Crippen LogP contribution in [-0.2, 0) is 11.2 Å². The molecule has 3 heterocycles. The Bertz CT molecular complexity index is 814. The molecule has 1 aromatic carbocycles. The SMILES string of the molecule is CN(C)c1ccnc(N2CCC(CC(=O)N3CCc4ccccc43)CC2)n1. The molecule has 0 unspecified atom stereocenters. The third kappa shape index (κ3) is 3.75. The molecule has 1 aromatic heterocycles. The largest absolute Gasteiger partial charge is 0.363 e. The van der Waals surface area contributed by atoms with Gasteiger partial charge in [0.25, 0.3) is 0 Å². The van der Waals surface area contributed by atoms with E-state index in [2.05, 4.69) is 33.1 Å². The van der Waals surface area contributed by atoms with E-state index in [1.165, 1.54) is 5.56 Å². The molecular weight excluding hydrogens is 338 g/mol. The van der Waals surface area contributed by atoms with E-state index in [0.717, 1.165) is 56.4 Å². The fourth-order valence-corrected chi connectivity index (χ4v) is 4.03. The van der Waals surface area contributed by atoms with Crippen LogP contribution in [0.3, 0.4) is 0 Å². The van der Waals surface area contributed by atoms with Gasteiger partial charge in [0.15, 0.2) is 0 Å². The van der Waals surface area contributed by atoms with Crippen LogP contribution in [0.1, 0.15) is 24.8 Å². The normalized spacial score (nSPS) is 17.1. The smallest absolute Gasteiger partial charge is 0.227 e. The third-order valence-corrected chi connectivity index (χ3v) is 5.64. The van der Waals surface area contributed by atoms with E-state index in [1.54, 1.807) is 0 Å². The molecule has 0 saturated carbocycles. The number of hydrogen-bond acceptors (Lipinski definition) is 5. The second-order valence-electron chi connectivity index (χ2n) is 7.67. The highest BCUT2D eigenvalue weighted by Gasteiger charge is 2.28. The van der Waals surface area contributed by atoms with Crippen molar-refractivity contribution in [3.05, 3.63) is 42.1 Å². The van der Waals surface area contributed by atoms with Crippen LogP contribution in [0.2, 0.25) is 0 Å². The summed E-state index contributed by atoms with van der Waals surface area (Å²) in [6.45, 7) is 2.64. The van der Waals surface area contributed by atoms with Gasteiger partial charge in [-0.05, 0) is 42.9 Å². The van der Waals surface area contributed by atoms with Crippen LogP contribution in [-0.4, -0.2) is 49.6 Å². The quantitative estimate of drug-likeness (QED) is 0.834. The third-order valence-electron chi connectivity index (χ3n) is 5.64. The number of anilines is 3. The summed E-state index contributed by atoms with van der Waals surface area (Å²) < 4.78 is 0. The molecule has 0 aliphatic carbocycles. The fourth-order valence-electron chi connectivity index (χ4n) is 4.03. The lowest BCUT2D eigenvalue weighted by Gasteiger charge is -2.32. The first-order chi connectivity index (χ1) is 13.1. The number of rotatable bonds is 4. The number of para-hydroxylation sites is 1. The van der Waals surface area contributed by atoms with Gasteiger partial charge in [-0.15, -0.1) is 0 Å². The minimum atomic E-state index is 0.268. The van der Waals surface area contributed by atoms with Crippen molar-refractivity contribution in [2.45, 2.75) is 25.7 Å². The maximum Gasteiger partial charge on any atom is 0.227 e. The van der Waals surface area contributed by atoms with E-state index in [4.69, 9.17) is 0 Å². The number of amides is 1. The highest BCUT2D eigenvalue weighted by atomic mass is 16.2. The Morgan fingerprint density at radius 2 is 1.93 bits per heavy atom. The number of nitrogens with zero attached hydrogens (tertiary/aromatic N) is 5. The fraction of sp³-hybridized carbons (Fsp3) is 0.476. The number of piperidine rings is 1. The Kier molecular flexibility index (Phi) is 4.97. The van der Waals surface area contributed by atoms with Crippen molar-refractivity contribution in [2.75, 3.05) is 48.4 Å². The van der Waals surface area contributed by atoms with E-state index >= 15 is 0 Å². The van der Waals surface area contributed by atoms with E-state index in [1.807, 2.05) is 42.2 Å². The zero-order valence-electron chi connectivity index (χ0n) is 16.1. The molecule has 142 valence electrons. The second-order valence-corrected chi connectivity index (χ2v) is 7.67. The average molecular weight is 365 g/mol. The summed E-state index contributed by atoms with van der Waals surface area (Å²) >= 11 is 0. The van der Waals surface area contributed by atoms with E-state index in [0.29, 0.717) is 12.3 Å². The number of aromatic nitrogens is 2. The predicted octanol–water partition coefficient (Wildman–Crippen LogP) is 2.74. The Labute approximate surface area is 160 Å². The van der Waals surface area contributed by atoms with Gasteiger partial charge in [-0.3, -0.25) is 4.79 Å². The van der Waals surface area contributed by atoms with Gasteiger partial charge in [-0.25, -0.2) is 4.98 Å². The molecule has 0 radical (unpaired) electrons. The maximum atomic E-state index is 12.8. The Morgan fingerprint density at radius 1 is 1.15 bits per heavy atom. The molecular formula is C21H27N5O. The molecule has 2 aliphatic heterocycles. The standard InChI is InChI=1S/C21H27N5O/c1-24(2)19-7-11-22-21(23-19)25-12-8-16(9-13-25)15-20(27)26-14-10-17-5-3-4-6-18(17)26/h3-7,11,16H,8-10,12-15H2,1-2H3. The summed E-state index contributed by atoms with van der Waals surface area (Å²) in [6, 6.07) is 10.2. The first-order valence-electron chi connectivity index (χ1n) is 9.75. The molecule has 27 heavy (non-hydrogen) atoms. The minimum Gasteiger partial charge on any atom is -0.363 e. The van der Waals surface area contributed by atoms with Crippen molar-refractivity contribution in [3.63, 3.8) is 0 Å². The maximum absolute atomic E-state index is 12.8. The Hall–Kier alpha value is -2.63. The molecule has 4 rings (SSSR count). The van der Waals surface area contributed by atoms with Crippen molar-refractivity contribution < 1.29 is 4.79 Å². The molecule has 1 amide bonds. The lowest BCUT2D eigenvalue weighted by molar-refractivity contribution is -0.119. The molecule has 6 nitrogen and oxygen atoms in total. The van der Waals surface area contributed by atoms with Gasteiger partial charge < -0.3 is 14.7 Å². The highest BCUT2D eigenvalue weighted by Crippen LogP contribution is 2.30. The van der Waals surface area contributed by atoms with Crippen LogP contribution in [0.25, 0.3) is 0 Å². The summed E-state index contributed by atoms with van der Waals surface area (Å²) in [5, 5.41) is 0. The van der Waals surface area contributed by atoms with Crippen LogP contribution < -0.4 is 14.7 Å². The van der Waals surface area contributed by atoms with Gasteiger partial charge in [0.05, 0.1) is 0 Å². The lowest BCUT2D eigenvalue weighted by Crippen LogP contribution is -2.37. The van der Waals surface area contributed by atoms with Crippen LogP contribution in [0.4, 0.5) is 17.5 Å². The summed E-state index contributed by atoms with van der Waals surface area (Å²) in [7, 11) is 3.97. The molecule has 0 atom stereocenters. The zero-order chi connectivity index (χ0) is 18.8. The first kappa shape index (κ1) is 17.8. The van der Waals surface area contributed by atoms with E-state index in [9.17, 15) is 4.79 Å². The van der Waals surface area contributed by atoms with Crippen LogP contribution in [0.5, 0.6) is 0 Å². The van der Waals surface area contributed by atoms with Crippen molar-refractivity contribution >= 4 is 23.4 Å². The van der Waals surface area contributed by atoms with Crippen molar-refractivity contribution in [1.29, 1.82) is 0 Å². The molecule has 1 saturated heterocycles. The molecule has 0 spiro atoms. The molecule has 2 aliphatic rings. The van der Waals surface area contributed by atoms with Gasteiger partial charge in [-0.2, -0.15) is 4.98 Å². The van der Waals surface area contributed by atoms with Crippen LogP contribution >= 0.6 is 0 Å². The van der Waals surface area contributed by atoms with Gasteiger partial charge in [0.1, 0.15) is 5.82 Å². The molecule has 0 bridgehead atoms. The summed E-state index contributed by atoms with van der Waals surface area (Å²) in [6.07, 6.45) is 5.45. The number of carbonyl (C=O) groups is 1. The molecule has 6 heteroatoms. The number of fused-ring (bicyclic) bond motifs is 1. The van der Waals surface area contributed by atoms with Crippen molar-refractivity contribution in [1.82, 2.24) is 9.97 Å². The van der Waals surface area contributed by atoms with Gasteiger partial charge >= 0.3 is 0 Å². The van der Waals surface area contributed by atoms with Crippen molar-refractivity contribution in [2.24, 2.45) is 5.92 Å². The lowest BCUT2D eigenvalue weighted by atomic mass is 9.93. The van der Waals surface area contributed by atoms with Gasteiger partial charge in [-0.1, -0.05) is 18.2 Å². The number of hydrogen-bond donors (Lipinski definition) is 0. The van der Waals surface area contributed by atoms with Crippen LogP contribution in [0, 0.1) is 5.92 Å². The number of benzene rings is 1. The Balaban J connectivity index is 1.34. The molecule has 1 fully saturated rings. The number of carbonyl (C=O) groups excluding carboxylic acids is 1. The van der Waals surface area contributed by atoms with Gasteiger partial charge in [0, 0.05) is 52.0 Å². The Morgan fingerprint density at radius 3 is 2.70 bits per heavy atom. The summed E-state index contributed by atoms with van der Waals surface area (Å²) in [5.74, 6) is 2.42. The minimum absolute atomic E-state index is 0.268. The van der Waals surface area contributed by atoms with Crippen molar-refractivity contribution in [3.8, 4) is 0 Å².